The fourth-order valence-electron chi connectivity index (χ4n) is 2.22. The standard InChI is InChI=1S/C12H16O2/c1-9(12-7-4-8-14-12)10-5-2-3-6-11(10)13/h2-3,5-6,9-10,12H,4,7-8H2,1H3. The maximum atomic E-state index is 11.6. The Morgan fingerprint density at radius 2 is 2.36 bits per heavy atom. The fourth-order valence-corrected chi connectivity index (χ4v) is 2.22. The number of allylic oxidation sites excluding steroid dienone is 4. The van der Waals surface area contributed by atoms with Crippen molar-refractivity contribution in [3.8, 4) is 0 Å². The highest BCUT2D eigenvalue weighted by Crippen LogP contribution is 2.28. The second-order valence-corrected chi connectivity index (χ2v) is 4.08. The van der Waals surface area contributed by atoms with E-state index >= 15 is 0 Å². The first kappa shape index (κ1) is 9.66. The minimum Gasteiger partial charge on any atom is -0.378 e. The summed E-state index contributed by atoms with van der Waals surface area (Å²) in [5, 5.41) is 0. The average molecular weight is 192 g/mol. The molecule has 0 amide bonds. The van der Waals surface area contributed by atoms with Gasteiger partial charge in [0.1, 0.15) is 0 Å². The number of hydrogen-bond acceptors (Lipinski definition) is 2. The van der Waals surface area contributed by atoms with Crippen LogP contribution in [0.2, 0.25) is 0 Å². The van der Waals surface area contributed by atoms with Gasteiger partial charge in [-0.25, -0.2) is 0 Å². The molecule has 1 saturated heterocycles. The zero-order chi connectivity index (χ0) is 9.97. The molecule has 0 aromatic carbocycles. The second-order valence-electron chi connectivity index (χ2n) is 4.08. The highest BCUT2D eigenvalue weighted by atomic mass is 16.5. The minimum atomic E-state index is 0.0306. The fraction of sp³-hybridized carbons (Fsp3) is 0.583. The van der Waals surface area contributed by atoms with Gasteiger partial charge in [-0.05, 0) is 24.8 Å². The molecule has 1 fully saturated rings. The van der Waals surface area contributed by atoms with Crippen LogP contribution in [-0.2, 0) is 9.53 Å². The predicted octanol–water partition coefficient (Wildman–Crippen LogP) is 2.11. The first-order chi connectivity index (χ1) is 6.79. The van der Waals surface area contributed by atoms with Gasteiger partial charge in [0.15, 0.2) is 5.78 Å². The summed E-state index contributed by atoms with van der Waals surface area (Å²) in [4.78, 5) is 11.6. The molecular formula is C12H16O2. The minimum absolute atomic E-state index is 0.0306. The summed E-state index contributed by atoms with van der Waals surface area (Å²) in [5.41, 5.74) is 0. The first-order valence-corrected chi connectivity index (χ1v) is 5.29. The molecule has 14 heavy (non-hydrogen) atoms. The summed E-state index contributed by atoms with van der Waals surface area (Å²) in [6.07, 6.45) is 9.93. The molecule has 0 N–H and O–H groups in total. The number of carbonyl (C=O) groups is 1. The normalized spacial score (nSPS) is 33.6. The lowest BCUT2D eigenvalue weighted by atomic mass is 9.83. The van der Waals surface area contributed by atoms with Gasteiger partial charge >= 0.3 is 0 Å². The largest absolute Gasteiger partial charge is 0.378 e. The Kier molecular flexibility index (Phi) is 2.82. The Labute approximate surface area is 84.6 Å². The van der Waals surface area contributed by atoms with Gasteiger partial charge in [0.2, 0.25) is 0 Å². The molecule has 0 aromatic rings. The lowest BCUT2D eigenvalue weighted by molar-refractivity contribution is -0.119. The third-order valence-electron chi connectivity index (χ3n) is 3.14. The molecule has 1 heterocycles. The van der Waals surface area contributed by atoms with Crippen LogP contribution in [0, 0.1) is 11.8 Å². The van der Waals surface area contributed by atoms with E-state index in [0.717, 1.165) is 19.4 Å². The van der Waals surface area contributed by atoms with Crippen LogP contribution in [0.3, 0.4) is 0 Å². The molecular weight excluding hydrogens is 176 g/mol. The maximum absolute atomic E-state index is 11.6. The molecule has 2 rings (SSSR count). The molecule has 0 radical (unpaired) electrons. The van der Waals surface area contributed by atoms with Crippen molar-refractivity contribution < 1.29 is 9.53 Å². The molecule has 0 bridgehead atoms. The van der Waals surface area contributed by atoms with Crippen LogP contribution in [-0.4, -0.2) is 18.5 Å². The van der Waals surface area contributed by atoms with Crippen LogP contribution in [0.15, 0.2) is 24.3 Å². The van der Waals surface area contributed by atoms with Crippen LogP contribution < -0.4 is 0 Å². The Balaban J connectivity index is 2.03. The van der Waals surface area contributed by atoms with Gasteiger partial charge in [0.05, 0.1) is 6.10 Å². The highest BCUT2D eigenvalue weighted by molar-refractivity contribution is 5.94. The third kappa shape index (κ3) is 1.80. The van der Waals surface area contributed by atoms with Gasteiger partial charge in [-0.3, -0.25) is 4.79 Å². The summed E-state index contributed by atoms with van der Waals surface area (Å²) in [6.45, 7) is 2.97. The van der Waals surface area contributed by atoms with Crippen LogP contribution in [0.5, 0.6) is 0 Å². The Bertz CT molecular complexity index is 272. The Hall–Kier alpha value is -0.890. The molecule has 0 saturated carbocycles. The lowest BCUT2D eigenvalue weighted by Crippen LogP contribution is -2.29. The van der Waals surface area contributed by atoms with Gasteiger partial charge < -0.3 is 4.74 Å². The van der Waals surface area contributed by atoms with Crippen LogP contribution >= 0.6 is 0 Å². The van der Waals surface area contributed by atoms with Crippen molar-refractivity contribution >= 4 is 5.78 Å². The van der Waals surface area contributed by atoms with Gasteiger partial charge in [0, 0.05) is 12.5 Å². The van der Waals surface area contributed by atoms with Crippen LogP contribution in [0.25, 0.3) is 0 Å². The van der Waals surface area contributed by atoms with Gasteiger partial charge in [0.25, 0.3) is 0 Å². The van der Waals surface area contributed by atoms with Crippen molar-refractivity contribution in [3.05, 3.63) is 24.3 Å². The molecule has 3 unspecified atom stereocenters. The van der Waals surface area contributed by atoms with Crippen molar-refractivity contribution in [2.45, 2.75) is 25.9 Å². The molecule has 1 aliphatic heterocycles. The highest BCUT2D eigenvalue weighted by Gasteiger charge is 2.31. The molecule has 2 nitrogen and oxygen atoms in total. The van der Waals surface area contributed by atoms with Gasteiger partial charge in [-0.2, -0.15) is 0 Å². The summed E-state index contributed by atoms with van der Waals surface area (Å²) in [7, 11) is 0. The zero-order valence-corrected chi connectivity index (χ0v) is 8.48. The van der Waals surface area contributed by atoms with Crippen molar-refractivity contribution in [1.82, 2.24) is 0 Å². The van der Waals surface area contributed by atoms with Crippen LogP contribution in [0.4, 0.5) is 0 Å². The predicted molar refractivity (Wildman–Crippen MR) is 54.9 cm³/mol. The Morgan fingerprint density at radius 1 is 1.50 bits per heavy atom. The summed E-state index contributed by atoms with van der Waals surface area (Å²) in [5.74, 6) is 0.560. The van der Waals surface area contributed by atoms with Crippen molar-refractivity contribution in [1.29, 1.82) is 0 Å². The van der Waals surface area contributed by atoms with E-state index in [1.807, 2.05) is 12.2 Å². The number of ether oxygens (including phenoxy) is 1. The second kappa shape index (κ2) is 4.09. The lowest BCUT2D eigenvalue weighted by Gasteiger charge is -2.25. The van der Waals surface area contributed by atoms with E-state index in [0.29, 0.717) is 5.92 Å². The molecule has 1 aliphatic carbocycles. The molecule has 0 spiro atoms. The topological polar surface area (TPSA) is 26.3 Å². The van der Waals surface area contributed by atoms with Crippen molar-refractivity contribution in [2.75, 3.05) is 6.61 Å². The number of rotatable bonds is 2. The quantitative estimate of drug-likeness (QED) is 0.669. The molecule has 3 atom stereocenters. The number of hydrogen-bond donors (Lipinski definition) is 0. The molecule has 2 heteroatoms. The SMILES string of the molecule is CC(C1CCCO1)C1C=CC=CC1=O. The monoisotopic (exact) mass is 192 g/mol. The first-order valence-electron chi connectivity index (χ1n) is 5.29. The van der Waals surface area contributed by atoms with Crippen molar-refractivity contribution in [3.63, 3.8) is 0 Å². The van der Waals surface area contributed by atoms with E-state index in [1.54, 1.807) is 12.2 Å². The summed E-state index contributed by atoms with van der Waals surface area (Å²) in [6, 6.07) is 0. The number of ketones is 1. The van der Waals surface area contributed by atoms with Crippen LogP contribution in [0.1, 0.15) is 19.8 Å². The molecule has 2 aliphatic rings. The maximum Gasteiger partial charge on any atom is 0.162 e. The Morgan fingerprint density at radius 3 is 3.00 bits per heavy atom. The number of carbonyl (C=O) groups excluding carboxylic acids is 1. The van der Waals surface area contributed by atoms with E-state index in [9.17, 15) is 4.79 Å². The van der Waals surface area contributed by atoms with Crippen molar-refractivity contribution in [2.24, 2.45) is 11.8 Å². The van der Waals surface area contributed by atoms with E-state index in [4.69, 9.17) is 4.74 Å². The summed E-state index contributed by atoms with van der Waals surface area (Å²) >= 11 is 0. The van der Waals surface area contributed by atoms with E-state index < -0.39 is 0 Å². The van der Waals surface area contributed by atoms with Gasteiger partial charge in [-0.15, -0.1) is 0 Å². The van der Waals surface area contributed by atoms with Gasteiger partial charge in [-0.1, -0.05) is 25.2 Å². The molecule has 0 aromatic heterocycles. The molecule has 76 valence electrons. The zero-order valence-electron chi connectivity index (χ0n) is 8.48. The summed E-state index contributed by atoms with van der Waals surface area (Å²) < 4.78 is 5.61. The smallest absolute Gasteiger partial charge is 0.162 e. The van der Waals surface area contributed by atoms with E-state index in [2.05, 4.69) is 6.92 Å². The van der Waals surface area contributed by atoms with E-state index in [-0.39, 0.29) is 17.8 Å². The average Bonchev–Trinajstić information content (AvgIpc) is 2.70. The van der Waals surface area contributed by atoms with E-state index in [1.165, 1.54) is 0 Å². The third-order valence-corrected chi connectivity index (χ3v) is 3.14.